The third-order valence-electron chi connectivity index (χ3n) is 4.18. The molecule has 0 unspecified atom stereocenters. The molecule has 0 atom stereocenters. The third kappa shape index (κ3) is 2.70. The molecule has 1 fully saturated rings. The second kappa shape index (κ2) is 6.31. The van der Waals surface area contributed by atoms with Crippen molar-refractivity contribution in [2.24, 2.45) is 0 Å². The SMILES string of the molecule is CCc1c(-c2cnc(N3CCCC3)cn2)[nH]c(=O)c(C(=O)O)c1O. The van der Waals surface area contributed by atoms with Crippen molar-refractivity contribution in [1.29, 1.82) is 0 Å². The van der Waals surface area contributed by atoms with Crippen molar-refractivity contribution >= 4 is 11.8 Å². The van der Waals surface area contributed by atoms with E-state index in [1.54, 1.807) is 13.1 Å². The van der Waals surface area contributed by atoms with E-state index in [1.807, 2.05) is 0 Å². The number of H-pyrrole nitrogens is 1. The number of aromatic hydroxyl groups is 1. The van der Waals surface area contributed by atoms with Gasteiger partial charge in [-0.25, -0.2) is 14.8 Å². The topological polar surface area (TPSA) is 119 Å². The van der Waals surface area contributed by atoms with Crippen LogP contribution < -0.4 is 10.5 Å². The minimum Gasteiger partial charge on any atom is -0.506 e. The number of hydrogen-bond acceptors (Lipinski definition) is 6. The minimum atomic E-state index is -1.47. The van der Waals surface area contributed by atoms with E-state index in [2.05, 4.69) is 19.9 Å². The highest BCUT2D eigenvalue weighted by atomic mass is 16.4. The molecule has 1 saturated heterocycles. The van der Waals surface area contributed by atoms with Crippen LogP contribution in [0.1, 0.15) is 35.7 Å². The van der Waals surface area contributed by atoms with Crippen LogP contribution in [0.3, 0.4) is 0 Å². The molecule has 3 heterocycles. The molecular formula is C16H18N4O4. The third-order valence-corrected chi connectivity index (χ3v) is 4.18. The smallest absolute Gasteiger partial charge is 0.345 e. The fraction of sp³-hybridized carbons (Fsp3) is 0.375. The van der Waals surface area contributed by atoms with E-state index in [4.69, 9.17) is 5.11 Å². The molecular weight excluding hydrogens is 312 g/mol. The number of anilines is 1. The van der Waals surface area contributed by atoms with Crippen molar-refractivity contribution in [2.45, 2.75) is 26.2 Å². The Labute approximate surface area is 137 Å². The molecule has 2 aromatic heterocycles. The molecule has 2 aromatic rings. The normalized spacial score (nSPS) is 14.1. The number of hydrogen-bond donors (Lipinski definition) is 3. The van der Waals surface area contributed by atoms with Gasteiger partial charge in [0.25, 0.3) is 5.56 Å². The molecule has 8 nitrogen and oxygen atoms in total. The van der Waals surface area contributed by atoms with Gasteiger partial charge in [0.1, 0.15) is 17.3 Å². The van der Waals surface area contributed by atoms with Gasteiger partial charge in [0, 0.05) is 18.7 Å². The van der Waals surface area contributed by atoms with E-state index < -0.39 is 22.8 Å². The summed E-state index contributed by atoms with van der Waals surface area (Å²) in [6.07, 6.45) is 5.74. The number of carbonyl (C=O) groups is 1. The highest BCUT2D eigenvalue weighted by Gasteiger charge is 2.22. The average molecular weight is 330 g/mol. The summed E-state index contributed by atoms with van der Waals surface area (Å²) in [5.74, 6) is -1.22. The number of aromatic carboxylic acids is 1. The van der Waals surface area contributed by atoms with E-state index >= 15 is 0 Å². The molecule has 0 amide bonds. The lowest BCUT2D eigenvalue weighted by Crippen LogP contribution is -2.21. The van der Waals surface area contributed by atoms with Crippen LogP contribution in [0.2, 0.25) is 0 Å². The van der Waals surface area contributed by atoms with Crippen molar-refractivity contribution in [3.05, 3.63) is 33.9 Å². The Morgan fingerprint density at radius 1 is 1.29 bits per heavy atom. The van der Waals surface area contributed by atoms with Crippen molar-refractivity contribution in [1.82, 2.24) is 15.0 Å². The molecule has 0 bridgehead atoms. The van der Waals surface area contributed by atoms with Crippen LogP contribution in [0.5, 0.6) is 5.75 Å². The Morgan fingerprint density at radius 3 is 2.54 bits per heavy atom. The summed E-state index contributed by atoms with van der Waals surface area (Å²) in [5, 5.41) is 19.2. The fourth-order valence-electron chi connectivity index (χ4n) is 2.95. The number of rotatable bonds is 4. The van der Waals surface area contributed by atoms with E-state index in [0.29, 0.717) is 23.4 Å². The summed E-state index contributed by atoms with van der Waals surface area (Å²) in [4.78, 5) is 36.4. The number of carboxylic acid groups (broad SMARTS) is 1. The Balaban J connectivity index is 2.05. The predicted octanol–water partition coefficient (Wildman–Crippen LogP) is 1.40. The summed E-state index contributed by atoms with van der Waals surface area (Å²) in [6.45, 7) is 3.65. The van der Waals surface area contributed by atoms with Crippen molar-refractivity contribution in [2.75, 3.05) is 18.0 Å². The molecule has 0 spiro atoms. The standard InChI is InChI=1S/C16H18N4O4/c1-2-9-13(19-15(22)12(14(9)21)16(23)24)10-7-18-11(8-17-10)20-5-3-4-6-20/h7-8H,2-6H2,1H3,(H,23,24)(H2,19,21,22). The van der Waals surface area contributed by atoms with Gasteiger partial charge >= 0.3 is 5.97 Å². The van der Waals surface area contributed by atoms with Crippen LogP contribution in [-0.2, 0) is 6.42 Å². The predicted molar refractivity (Wildman–Crippen MR) is 87.5 cm³/mol. The van der Waals surface area contributed by atoms with Crippen molar-refractivity contribution < 1.29 is 15.0 Å². The molecule has 1 aliphatic rings. The molecule has 24 heavy (non-hydrogen) atoms. The van der Waals surface area contributed by atoms with Crippen LogP contribution in [0.4, 0.5) is 5.82 Å². The summed E-state index contributed by atoms with van der Waals surface area (Å²) < 4.78 is 0. The highest BCUT2D eigenvalue weighted by Crippen LogP contribution is 2.29. The van der Waals surface area contributed by atoms with Gasteiger partial charge in [-0.05, 0) is 19.3 Å². The summed E-state index contributed by atoms with van der Waals surface area (Å²) in [6, 6.07) is 0. The molecule has 0 radical (unpaired) electrons. The second-order valence-electron chi connectivity index (χ2n) is 5.64. The lowest BCUT2D eigenvalue weighted by atomic mass is 10.0. The van der Waals surface area contributed by atoms with E-state index in [1.165, 1.54) is 6.20 Å². The summed E-state index contributed by atoms with van der Waals surface area (Å²) in [7, 11) is 0. The number of aromatic amines is 1. The number of nitrogens with one attached hydrogen (secondary N) is 1. The number of nitrogens with zero attached hydrogens (tertiary/aromatic N) is 3. The molecule has 3 rings (SSSR count). The Hall–Kier alpha value is -2.90. The molecule has 0 aliphatic carbocycles. The van der Waals surface area contributed by atoms with Crippen LogP contribution in [-0.4, -0.2) is 44.2 Å². The zero-order valence-corrected chi connectivity index (χ0v) is 13.2. The maximum absolute atomic E-state index is 12.0. The van der Waals surface area contributed by atoms with Gasteiger partial charge in [0.05, 0.1) is 18.1 Å². The molecule has 0 saturated carbocycles. The molecule has 3 N–H and O–H groups in total. The first-order valence-electron chi connectivity index (χ1n) is 7.81. The van der Waals surface area contributed by atoms with E-state index in [-0.39, 0.29) is 0 Å². The van der Waals surface area contributed by atoms with Crippen LogP contribution in [0.25, 0.3) is 11.4 Å². The first-order chi connectivity index (χ1) is 11.5. The van der Waals surface area contributed by atoms with Gasteiger partial charge in [0.2, 0.25) is 0 Å². The van der Waals surface area contributed by atoms with E-state index in [9.17, 15) is 14.7 Å². The largest absolute Gasteiger partial charge is 0.506 e. The Morgan fingerprint density at radius 2 is 2.00 bits per heavy atom. The van der Waals surface area contributed by atoms with Gasteiger partial charge in [-0.1, -0.05) is 6.92 Å². The van der Waals surface area contributed by atoms with Crippen molar-refractivity contribution in [3.63, 3.8) is 0 Å². The van der Waals surface area contributed by atoms with E-state index in [0.717, 1.165) is 31.7 Å². The number of aromatic nitrogens is 3. The lowest BCUT2D eigenvalue weighted by molar-refractivity contribution is 0.0691. The molecule has 126 valence electrons. The van der Waals surface area contributed by atoms with Crippen LogP contribution in [0.15, 0.2) is 17.2 Å². The first-order valence-corrected chi connectivity index (χ1v) is 7.81. The zero-order valence-electron chi connectivity index (χ0n) is 13.2. The van der Waals surface area contributed by atoms with Gasteiger partial charge < -0.3 is 20.1 Å². The maximum atomic E-state index is 12.0. The quantitative estimate of drug-likeness (QED) is 0.775. The average Bonchev–Trinajstić information content (AvgIpc) is 3.08. The van der Waals surface area contributed by atoms with Crippen molar-refractivity contribution in [3.8, 4) is 17.1 Å². The second-order valence-corrected chi connectivity index (χ2v) is 5.64. The summed E-state index contributed by atoms with van der Waals surface area (Å²) >= 11 is 0. The summed E-state index contributed by atoms with van der Waals surface area (Å²) in [5.41, 5.74) is -0.505. The Kier molecular flexibility index (Phi) is 4.20. The minimum absolute atomic E-state index is 0.297. The molecule has 0 aromatic carbocycles. The van der Waals surface area contributed by atoms with Crippen LogP contribution >= 0.6 is 0 Å². The number of carboxylic acids is 1. The van der Waals surface area contributed by atoms with Gasteiger partial charge in [-0.15, -0.1) is 0 Å². The monoisotopic (exact) mass is 330 g/mol. The molecule has 1 aliphatic heterocycles. The van der Waals surface area contributed by atoms with Gasteiger partial charge in [-0.2, -0.15) is 0 Å². The zero-order chi connectivity index (χ0) is 17.3. The fourth-order valence-corrected chi connectivity index (χ4v) is 2.95. The Bertz CT molecular complexity index is 823. The highest BCUT2D eigenvalue weighted by molar-refractivity contribution is 5.91. The molecule has 8 heteroatoms. The first kappa shape index (κ1) is 16.0. The lowest BCUT2D eigenvalue weighted by Gasteiger charge is -2.16. The maximum Gasteiger partial charge on any atom is 0.345 e. The number of pyridine rings is 1. The van der Waals surface area contributed by atoms with Gasteiger partial charge in [-0.3, -0.25) is 4.79 Å². The van der Waals surface area contributed by atoms with Crippen LogP contribution in [0, 0.1) is 0 Å². The van der Waals surface area contributed by atoms with Gasteiger partial charge in [0.15, 0.2) is 5.56 Å².